The van der Waals surface area contributed by atoms with Crippen molar-refractivity contribution in [1.82, 2.24) is 5.32 Å². The van der Waals surface area contributed by atoms with Gasteiger partial charge in [0.1, 0.15) is 23.9 Å². The standard InChI is InChI=1S/C18H18ClNO2/c1-13-6-8-15(22-13)12-20-10-11-21-17-9-7-14-4-2-3-5-16(14)18(17)19/h2-9,20H,10-12H2,1H3. The maximum atomic E-state index is 6.39. The molecule has 0 saturated carbocycles. The Kier molecular flexibility index (Phi) is 4.66. The van der Waals surface area contributed by atoms with Crippen LogP contribution in [-0.4, -0.2) is 13.2 Å². The molecule has 2 aromatic carbocycles. The molecule has 0 bridgehead atoms. The zero-order valence-corrected chi connectivity index (χ0v) is 13.2. The maximum Gasteiger partial charge on any atom is 0.138 e. The Labute approximate surface area is 134 Å². The molecule has 0 aliphatic carbocycles. The lowest BCUT2D eigenvalue weighted by molar-refractivity contribution is 0.311. The number of ether oxygens (including phenoxy) is 1. The fourth-order valence-electron chi connectivity index (χ4n) is 2.35. The summed E-state index contributed by atoms with van der Waals surface area (Å²) in [6, 6.07) is 15.9. The highest BCUT2D eigenvalue weighted by molar-refractivity contribution is 6.37. The molecule has 0 fully saturated rings. The third kappa shape index (κ3) is 3.43. The number of aryl methyl sites for hydroxylation is 1. The third-order valence-corrected chi connectivity index (χ3v) is 3.85. The molecule has 4 heteroatoms. The number of halogens is 1. The van der Waals surface area contributed by atoms with Crippen molar-refractivity contribution in [2.24, 2.45) is 0 Å². The molecule has 1 heterocycles. The van der Waals surface area contributed by atoms with Gasteiger partial charge in [0.05, 0.1) is 11.6 Å². The minimum absolute atomic E-state index is 0.553. The van der Waals surface area contributed by atoms with Crippen molar-refractivity contribution in [2.75, 3.05) is 13.2 Å². The van der Waals surface area contributed by atoms with E-state index in [-0.39, 0.29) is 0 Å². The van der Waals surface area contributed by atoms with Gasteiger partial charge in [0, 0.05) is 11.9 Å². The zero-order valence-electron chi connectivity index (χ0n) is 12.4. The summed E-state index contributed by atoms with van der Waals surface area (Å²) < 4.78 is 11.3. The number of hydrogen-bond donors (Lipinski definition) is 1. The van der Waals surface area contributed by atoms with Gasteiger partial charge >= 0.3 is 0 Å². The first kappa shape index (κ1) is 14.9. The molecule has 3 aromatic rings. The number of rotatable bonds is 6. The van der Waals surface area contributed by atoms with Crippen molar-refractivity contribution in [3.63, 3.8) is 0 Å². The Morgan fingerprint density at radius 3 is 2.77 bits per heavy atom. The lowest BCUT2D eigenvalue weighted by Crippen LogP contribution is -2.20. The highest BCUT2D eigenvalue weighted by Crippen LogP contribution is 2.32. The van der Waals surface area contributed by atoms with Crippen LogP contribution in [0.15, 0.2) is 52.9 Å². The predicted molar refractivity (Wildman–Crippen MR) is 89.6 cm³/mol. The summed E-state index contributed by atoms with van der Waals surface area (Å²) >= 11 is 6.39. The van der Waals surface area contributed by atoms with Gasteiger partial charge in [-0.3, -0.25) is 0 Å². The van der Waals surface area contributed by atoms with E-state index in [1.165, 1.54) is 0 Å². The minimum atomic E-state index is 0.553. The van der Waals surface area contributed by atoms with Gasteiger partial charge in [0.15, 0.2) is 0 Å². The van der Waals surface area contributed by atoms with Crippen LogP contribution in [0.25, 0.3) is 10.8 Å². The summed E-state index contributed by atoms with van der Waals surface area (Å²) in [5, 5.41) is 6.08. The van der Waals surface area contributed by atoms with Crippen LogP contribution in [0, 0.1) is 6.92 Å². The molecule has 0 aliphatic heterocycles. The molecule has 0 unspecified atom stereocenters. The summed E-state index contributed by atoms with van der Waals surface area (Å²) in [4.78, 5) is 0. The Bertz CT molecular complexity index is 767. The van der Waals surface area contributed by atoms with Crippen LogP contribution in [0.5, 0.6) is 5.75 Å². The van der Waals surface area contributed by atoms with Crippen LogP contribution in [0.3, 0.4) is 0 Å². The van der Waals surface area contributed by atoms with Crippen molar-refractivity contribution in [2.45, 2.75) is 13.5 Å². The summed E-state index contributed by atoms with van der Waals surface area (Å²) in [6.07, 6.45) is 0. The average molecular weight is 316 g/mol. The van der Waals surface area contributed by atoms with Gasteiger partial charge in [-0.25, -0.2) is 0 Å². The van der Waals surface area contributed by atoms with Crippen molar-refractivity contribution in [3.8, 4) is 5.75 Å². The number of hydrogen-bond acceptors (Lipinski definition) is 3. The Balaban J connectivity index is 1.52. The minimum Gasteiger partial charge on any atom is -0.491 e. The van der Waals surface area contributed by atoms with Gasteiger partial charge in [-0.05, 0) is 30.5 Å². The van der Waals surface area contributed by atoms with Crippen LogP contribution in [0.4, 0.5) is 0 Å². The zero-order chi connectivity index (χ0) is 15.4. The van der Waals surface area contributed by atoms with E-state index in [0.29, 0.717) is 18.2 Å². The van der Waals surface area contributed by atoms with E-state index in [4.69, 9.17) is 20.8 Å². The van der Waals surface area contributed by atoms with Crippen molar-refractivity contribution < 1.29 is 9.15 Å². The van der Waals surface area contributed by atoms with E-state index in [1.54, 1.807) is 0 Å². The van der Waals surface area contributed by atoms with Gasteiger partial charge in [0.25, 0.3) is 0 Å². The van der Waals surface area contributed by atoms with E-state index >= 15 is 0 Å². The fourth-order valence-corrected chi connectivity index (χ4v) is 2.64. The van der Waals surface area contributed by atoms with Crippen LogP contribution in [-0.2, 0) is 6.54 Å². The van der Waals surface area contributed by atoms with E-state index in [1.807, 2.05) is 55.5 Å². The van der Waals surface area contributed by atoms with Crippen molar-refractivity contribution >= 4 is 22.4 Å². The molecule has 22 heavy (non-hydrogen) atoms. The third-order valence-electron chi connectivity index (χ3n) is 3.46. The molecule has 3 nitrogen and oxygen atoms in total. The molecule has 0 saturated heterocycles. The second-order valence-electron chi connectivity index (χ2n) is 5.14. The summed E-state index contributed by atoms with van der Waals surface area (Å²) in [5.74, 6) is 2.58. The molecule has 0 aliphatic rings. The molecule has 1 aromatic heterocycles. The Hall–Kier alpha value is -1.97. The van der Waals surface area contributed by atoms with Gasteiger partial charge in [-0.1, -0.05) is 41.9 Å². The first-order valence-corrected chi connectivity index (χ1v) is 7.68. The summed E-state index contributed by atoms with van der Waals surface area (Å²) in [5.41, 5.74) is 0. The van der Waals surface area contributed by atoms with Crippen molar-refractivity contribution in [1.29, 1.82) is 0 Å². The SMILES string of the molecule is Cc1ccc(CNCCOc2ccc3ccccc3c2Cl)o1. The van der Waals surface area contributed by atoms with Gasteiger partial charge in [-0.2, -0.15) is 0 Å². The quantitative estimate of drug-likeness (QED) is 0.677. The summed E-state index contributed by atoms with van der Waals surface area (Å²) in [6.45, 7) is 3.91. The molecule has 3 rings (SSSR count). The summed E-state index contributed by atoms with van der Waals surface area (Å²) in [7, 11) is 0. The molecular weight excluding hydrogens is 298 g/mol. The van der Waals surface area contributed by atoms with Crippen LogP contribution in [0.2, 0.25) is 5.02 Å². The lowest BCUT2D eigenvalue weighted by atomic mass is 10.1. The van der Waals surface area contributed by atoms with Crippen molar-refractivity contribution in [3.05, 3.63) is 65.1 Å². The highest BCUT2D eigenvalue weighted by Gasteiger charge is 2.06. The second kappa shape index (κ2) is 6.86. The van der Waals surface area contributed by atoms with Crippen LogP contribution < -0.4 is 10.1 Å². The molecule has 0 atom stereocenters. The normalized spacial score (nSPS) is 11.0. The first-order valence-electron chi connectivity index (χ1n) is 7.30. The lowest BCUT2D eigenvalue weighted by Gasteiger charge is -2.10. The second-order valence-corrected chi connectivity index (χ2v) is 5.51. The van der Waals surface area contributed by atoms with Crippen LogP contribution in [0.1, 0.15) is 11.5 Å². The molecule has 0 radical (unpaired) electrons. The molecule has 0 amide bonds. The number of furan rings is 1. The maximum absolute atomic E-state index is 6.39. The van der Waals surface area contributed by atoms with Gasteiger partial charge in [0.2, 0.25) is 0 Å². The van der Waals surface area contributed by atoms with Gasteiger partial charge in [-0.15, -0.1) is 0 Å². The largest absolute Gasteiger partial charge is 0.491 e. The van der Waals surface area contributed by atoms with E-state index in [0.717, 1.165) is 34.6 Å². The topological polar surface area (TPSA) is 34.4 Å². The molecule has 0 spiro atoms. The first-order chi connectivity index (χ1) is 10.7. The monoisotopic (exact) mass is 315 g/mol. The van der Waals surface area contributed by atoms with E-state index < -0.39 is 0 Å². The Morgan fingerprint density at radius 2 is 1.95 bits per heavy atom. The smallest absolute Gasteiger partial charge is 0.138 e. The average Bonchev–Trinajstić information content (AvgIpc) is 2.95. The predicted octanol–water partition coefficient (Wildman–Crippen LogP) is 4.56. The molecule has 114 valence electrons. The molecule has 1 N–H and O–H groups in total. The van der Waals surface area contributed by atoms with E-state index in [2.05, 4.69) is 5.32 Å². The number of nitrogens with one attached hydrogen (secondary N) is 1. The number of fused-ring (bicyclic) bond motifs is 1. The Morgan fingerprint density at radius 1 is 1.09 bits per heavy atom. The highest BCUT2D eigenvalue weighted by atomic mass is 35.5. The number of benzene rings is 2. The van der Waals surface area contributed by atoms with Gasteiger partial charge < -0.3 is 14.5 Å². The molecular formula is C18H18ClNO2. The fraction of sp³-hybridized carbons (Fsp3) is 0.222. The van der Waals surface area contributed by atoms with Crippen LogP contribution >= 0.6 is 11.6 Å². The van der Waals surface area contributed by atoms with E-state index in [9.17, 15) is 0 Å².